The van der Waals surface area contributed by atoms with Crippen LogP contribution >= 0.6 is 11.7 Å². The third kappa shape index (κ3) is 2.22. The number of aromatic nitrogens is 2. The van der Waals surface area contributed by atoms with E-state index in [0.29, 0.717) is 5.56 Å². The lowest BCUT2D eigenvalue weighted by Crippen LogP contribution is -2.07. The number of rotatable bonds is 2. The maximum absolute atomic E-state index is 13.6. The van der Waals surface area contributed by atoms with Crippen molar-refractivity contribution in [2.24, 2.45) is 5.73 Å². The third-order valence-electron chi connectivity index (χ3n) is 3.07. The summed E-state index contributed by atoms with van der Waals surface area (Å²) in [5, 5.41) is 0. The number of halogens is 1. The molecule has 0 bridgehead atoms. The van der Waals surface area contributed by atoms with Crippen LogP contribution in [0.1, 0.15) is 18.5 Å². The molecule has 3 rings (SSSR count). The number of fused-ring (bicyclic) bond motifs is 1. The molecule has 0 saturated carbocycles. The minimum atomic E-state index is -0.329. The van der Waals surface area contributed by atoms with Crippen molar-refractivity contribution in [3.05, 3.63) is 47.8 Å². The Bertz CT molecular complexity index is 736. The number of nitrogens with zero attached hydrogens (tertiary/aromatic N) is 2. The van der Waals surface area contributed by atoms with Crippen LogP contribution in [0.15, 0.2) is 36.4 Å². The number of benzene rings is 2. The van der Waals surface area contributed by atoms with Crippen molar-refractivity contribution < 1.29 is 4.39 Å². The molecule has 0 amide bonds. The Kier molecular flexibility index (Phi) is 3.00. The van der Waals surface area contributed by atoms with Crippen LogP contribution < -0.4 is 5.73 Å². The Balaban J connectivity index is 2.12. The van der Waals surface area contributed by atoms with Crippen molar-refractivity contribution in [3.63, 3.8) is 0 Å². The molecule has 3 aromatic rings. The van der Waals surface area contributed by atoms with Crippen LogP contribution in [0.25, 0.3) is 22.2 Å². The van der Waals surface area contributed by atoms with E-state index in [2.05, 4.69) is 8.75 Å². The fourth-order valence-electron chi connectivity index (χ4n) is 2.03. The van der Waals surface area contributed by atoms with E-state index < -0.39 is 0 Å². The third-order valence-corrected chi connectivity index (χ3v) is 3.63. The first-order valence-electron chi connectivity index (χ1n) is 5.93. The summed E-state index contributed by atoms with van der Waals surface area (Å²) in [7, 11) is 0. The normalized spacial score (nSPS) is 12.8. The molecule has 0 radical (unpaired) electrons. The van der Waals surface area contributed by atoms with Gasteiger partial charge in [-0.15, -0.1) is 0 Å². The summed E-state index contributed by atoms with van der Waals surface area (Å²) < 4.78 is 22.0. The largest absolute Gasteiger partial charge is 0.324 e. The zero-order chi connectivity index (χ0) is 13.4. The number of hydrogen-bond donors (Lipinski definition) is 1. The summed E-state index contributed by atoms with van der Waals surface area (Å²) in [6.07, 6.45) is 0. The molecule has 5 heteroatoms. The van der Waals surface area contributed by atoms with Crippen molar-refractivity contribution in [3.8, 4) is 11.1 Å². The summed E-state index contributed by atoms with van der Waals surface area (Å²) in [4.78, 5) is 0. The minimum absolute atomic E-state index is 0.268. The molecular weight excluding hydrogens is 261 g/mol. The first-order valence-corrected chi connectivity index (χ1v) is 6.66. The van der Waals surface area contributed by atoms with Gasteiger partial charge in [-0.05, 0) is 42.3 Å². The fraction of sp³-hybridized carbons (Fsp3) is 0.143. The van der Waals surface area contributed by atoms with Gasteiger partial charge in [-0.3, -0.25) is 0 Å². The van der Waals surface area contributed by atoms with Gasteiger partial charge in [-0.2, -0.15) is 8.75 Å². The molecule has 2 aromatic carbocycles. The fourth-order valence-corrected chi connectivity index (χ4v) is 2.55. The molecule has 19 heavy (non-hydrogen) atoms. The standard InChI is InChI=1S/C14H12FN3S/c1-8(16)11-6-9(2-4-12(11)15)10-3-5-13-14(7-10)18-19-17-13/h2-8H,16H2,1H3. The molecular formula is C14H12FN3S. The molecule has 1 heterocycles. The van der Waals surface area contributed by atoms with Crippen LogP contribution in [0.5, 0.6) is 0 Å². The topological polar surface area (TPSA) is 51.8 Å². The Morgan fingerprint density at radius 1 is 1.05 bits per heavy atom. The van der Waals surface area contributed by atoms with Crippen molar-refractivity contribution in [1.29, 1.82) is 0 Å². The molecule has 0 aliphatic heterocycles. The molecule has 0 aliphatic rings. The van der Waals surface area contributed by atoms with Gasteiger partial charge in [-0.1, -0.05) is 12.1 Å². The first kappa shape index (κ1) is 12.2. The predicted octanol–water partition coefficient (Wildman–Crippen LogP) is 3.52. The SMILES string of the molecule is CC(N)c1cc(-c2ccc3nsnc3c2)ccc1F. The van der Waals surface area contributed by atoms with Crippen LogP contribution in [0.4, 0.5) is 4.39 Å². The second kappa shape index (κ2) is 4.68. The van der Waals surface area contributed by atoms with Crippen LogP contribution in [0, 0.1) is 5.82 Å². The molecule has 0 aliphatic carbocycles. The molecule has 96 valence electrons. The van der Waals surface area contributed by atoms with Crippen molar-refractivity contribution in [2.75, 3.05) is 0 Å². The van der Waals surface area contributed by atoms with Gasteiger partial charge in [-0.25, -0.2) is 4.39 Å². The number of hydrogen-bond acceptors (Lipinski definition) is 4. The average molecular weight is 273 g/mol. The lowest BCUT2D eigenvalue weighted by molar-refractivity contribution is 0.594. The average Bonchev–Trinajstić information content (AvgIpc) is 2.86. The highest BCUT2D eigenvalue weighted by Gasteiger charge is 2.09. The zero-order valence-corrected chi connectivity index (χ0v) is 11.1. The van der Waals surface area contributed by atoms with Gasteiger partial charge in [0.05, 0.1) is 11.7 Å². The molecule has 0 saturated heterocycles. The highest BCUT2D eigenvalue weighted by atomic mass is 32.1. The minimum Gasteiger partial charge on any atom is -0.324 e. The Hall–Kier alpha value is -1.85. The lowest BCUT2D eigenvalue weighted by atomic mass is 9.99. The maximum Gasteiger partial charge on any atom is 0.128 e. The summed E-state index contributed by atoms with van der Waals surface area (Å²) >= 11 is 1.19. The summed E-state index contributed by atoms with van der Waals surface area (Å²) in [6, 6.07) is 10.5. The predicted molar refractivity (Wildman–Crippen MR) is 75.4 cm³/mol. The van der Waals surface area contributed by atoms with Crippen LogP contribution in [-0.4, -0.2) is 8.75 Å². The molecule has 1 unspecified atom stereocenters. The zero-order valence-electron chi connectivity index (χ0n) is 10.3. The van der Waals surface area contributed by atoms with Crippen molar-refractivity contribution >= 4 is 22.8 Å². The molecule has 3 nitrogen and oxygen atoms in total. The van der Waals surface area contributed by atoms with E-state index in [1.807, 2.05) is 18.2 Å². The van der Waals surface area contributed by atoms with E-state index in [1.54, 1.807) is 19.1 Å². The van der Waals surface area contributed by atoms with Crippen LogP contribution in [-0.2, 0) is 0 Å². The lowest BCUT2D eigenvalue weighted by Gasteiger charge is -2.10. The van der Waals surface area contributed by atoms with Crippen molar-refractivity contribution in [2.45, 2.75) is 13.0 Å². The summed E-state index contributed by atoms with van der Waals surface area (Å²) in [5.41, 5.74) is 9.95. The maximum atomic E-state index is 13.6. The second-order valence-corrected chi connectivity index (χ2v) is 5.02. The molecule has 2 N–H and O–H groups in total. The van der Waals surface area contributed by atoms with Gasteiger partial charge in [0.2, 0.25) is 0 Å². The van der Waals surface area contributed by atoms with Gasteiger partial charge in [0.1, 0.15) is 16.9 Å². The smallest absolute Gasteiger partial charge is 0.128 e. The van der Waals surface area contributed by atoms with Gasteiger partial charge >= 0.3 is 0 Å². The molecule has 0 fully saturated rings. The Morgan fingerprint density at radius 2 is 1.74 bits per heavy atom. The van der Waals surface area contributed by atoms with E-state index in [4.69, 9.17) is 5.73 Å². The van der Waals surface area contributed by atoms with E-state index >= 15 is 0 Å². The molecule has 1 atom stereocenters. The first-order chi connectivity index (χ1) is 9.15. The summed E-state index contributed by atoms with van der Waals surface area (Å²) in [6.45, 7) is 1.77. The molecule has 1 aromatic heterocycles. The summed E-state index contributed by atoms with van der Waals surface area (Å²) in [5.74, 6) is -0.268. The number of nitrogens with two attached hydrogens (primary N) is 1. The monoisotopic (exact) mass is 273 g/mol. The van der Waals surface area contributed by atoms with Crippen LogP contribution in [0.3, 0.4) is 0 Å². The van der Waals surface area contributed by atoms with E-state index in [1.165, 1.54) is 17.8 Å². The van der Waals surface area contributed by atoms with Gasteiger partial charge in [0.15, 0.2) is 0 Å². The van der Waals surface area contributed by atoms with Crippen molar-refractivity contribution in [1.82, 2.24) is 8.75 Å². The van der Waals surface area contributed by atoms with Gasteiger partial charge in [0, 0.05) is 11.6 Å². The van der Waals surface area contributed by atoms with Gasteiger partial charge < -0.3 is 5.73 Å². The Labute approximate surface area is 114 Å². The molecule has 0 spiro atoms. The van der Waals surface area contributed by atoms with E-state index in [-0.39, 0.29) is 11.9 Å². The van der Waals surface area contributed by atoms with Crippen LogP contribution in [0.2, 0.25) is 0 Å². The van der Waals surface area contributed by atoms with Gasteiger partial charge in [0.25, 0.3) is 0 Å². The van der Waals surface area contributed by atoms with E-state index in [9.17, 15) is 4.39 Å². The highest BCUT2D eigenvalue weighted by Crippen LogP contribution is 2.27. The highest BCUT2D eigenvalue weighted by molar-refractivity contribution is 7.00. The second-order valence-electron chi connectivity index (χ2n) is 4.49. The van der Waals surface area contributed by atoms with E-state index in [0.717, 1.165) is 22.2 Å². The quantitative estimate of drug-likeness (QED) is 0.777. The Morgan fingerprint density at radius 3 is 2.53 bits per heavy atom.